The van der Waals surface area contributed by atoms with Crippen molar-refractivity contribution in [2.45, 2.75) is 58.4 Å². The third-order valence-electron chi connectivity index (χ3n) is 3.88. The molecule has 0 aromatic heterocycles. The van der Waals surface area contributed by atoms with Gasteiger partial charge in [-0.1, -0.05) is 26.7 Å². The first-order chi connectivity index (χ1) is 7.43. The molecule has 1 rings (SSSR count). The van der Waals surface area contributed by atoms with Crippen LogP contribution in [-0.2, 0) is 4.79 Å². The quantitative estimate of drug-likeness (QED) is 0.785. The number of hydrogen-bond acceptors (Lipinski definition) is 2. The predicted octanol–water partition coefficient (Wildman–Crippen LogP) is 2.75. The Balaban J connectivity index is 2.39. The molecule has 1 aliphatic carbocycles. The molecule has 1 aliphatic rings. The first-order valence-electron chi connectivity index (χ1n) is 6.35. The number of hydrogen-bond donors (Lipinski definition) is 1. The van der Waals surface area contributed by atoms with Gasteiger partial charge in [0.15, 0.2) is 0 Å². The van der Waals surface area contributed by atoms with Crippen LogP contribution in [0.15, 0.2) is 0 Å². The van der Waals surface area contributed by atoms with E-state index in [0.29, 0.717) is 11.5 Å². The lowest BCUT2D eigenvalue weighted by Gasteiger charge is -2.44. The Bertz CT molecular complexity index is 238. The van der Waals surface area contributed by atoms with Crippen LogP contribution < -0.4 is 0 Å². The van der Waals surface area contributed by atoms with Crippen LogP contribution >= 0.6 is 0 Å². The lowest BCUT2D eigenvalue weighted by atomic mass is 9.72. The zero-order chi connectivity index (χ0) is 12.2. The van der Waals surface area contributed by atoms with Gasteiger partial charge in [-0.25, -0.2) is 0 Å². The summed E-state index contributed by atoms with van der Waals surface area (Å²) in [5.41, 5.74) is 0.385. The molecule has 1 unspecified atom stereocenters. The molecule has 0 amide bonds. The largest absolute Gasteiger partial charge is 0.481 e. The molecular weight excluding hydrogens is 202 g/mol. The van der Waals surface area contributed by atoms with E-state index in [1.807, 2.05) is 0 Å². The van der Waals surface area contributed by atoms with Crippen LogP contribution in [0, 0.1) is 5.41 Å². The van der Waals surface area contributed by atoms with Crippen LogP contribution in [0.5, 0.6) is 0 Å². The SMILES string of the molecule is CN(CCCC(=O)O)C1CCCCC1(C)C. The van der Waals surface area contributed by atoms with Crippen molar-refractivity contribution in [3.8, 4) is 0 Å². The third-order valence-corrected chi connectivity index (χ3v) is 3.88. The molecule has 0 bridgehead atoms. The van der Waals surface area contributed by atoms with E-state index in [9.17, 15) is 4.79 Å². The summed E-state index contributed by atoms with van der Waals surface area (Å²) in [6.45, 7) is 5.58. The minimum absolute atomic E-state index is 0.289. The highest BCUT2D eigenvalue weighted by molar-refractivity contribution is 5.66. The van der Waals surface area contributed by atoms with Crippen molar-refractivity contribution in [1.82, 2.24) is 4.90 Å². The van der Waals surface area contributed by atoms with E-state index >= 15 is 0 Å². The predicted molar refractivity (Wildman–Crippen MR) is 65.5 cm³/mol. The fourth-order valence-electron chi connectivity index (χ4n) is 2.93. The van der Waals surface area contributed by atoms with Gasteiger partial charge in [0, 0.05) is 12.5 Å². The third kappa shape index (κ3) is 3.78. The van der Waals surface area contributed by atoms with E-state index < -0.39 is 5.97 Å². The maximum Gasteiger partial charge on any atom is 0.303 e. The zero-order valence-corrected chi connectivity index (χ0v) is 10.8. The molecule has 3 heteroatoms. The van der Waals surface area contributed by atoms with Gasteiger partial charge in [-0.05, 0) is 38.3 Å². The second-order valence-corrected chi connectivity index (χ2v) is 5.73. The van der Waals surface area contributed by atoms with Crippen LogP contribution in [0.3, 0.4) is 0 Å². The standard InChI is InChI=1S/C13H25NO2/c1-13(2)9-5-4-7-11(13)14(3)10-6-8-12(15)16/h11H,4-10H2,1-3H3,(H,15,16). The van der Waals surface area contributed by atoms with Gasteiger partial charge in [-0.15, -0.1) is 0 Å². The summed E-state index contributed by atoms with van der Waals surface area (Å²) < 4.78 is 0. The molecule has 0 heterocycles. The van der Waals surface area contributed by atoms with E-state index in [4.69, 9.17) is 5.11 Å². The summed E-state index contributed by atoms with van der Waals surface area (Å²) in [7, 11) is 2.14. The molecule has 16 heavy (non-hydrogen) atoms. The zero-order valence-electron chi connectivity index (χ0n) is 10.8. The van der Waals surface area contributed by atoms with Crippen molar-refractivity contribution in [2.75, 3.05) is 13.6 Å². The molecule has 94 valence electrons. The Morgan fingerprint density at radius 3 is 2.69 bits per heavy atom. The first kappa shape index (κ1) is 13.5. The monoisotopic (exact) mass is 227 g/mol. The summed E-state index contributed by atoms with van der Waals surface area (Å²) >= 11 is 0. The Labute approximate surface area is 98.8 Å². The molecule has 0 aromatic rings. The number of rotatable bonds is 5. The Kier molecular flexibility index (Phi) is 4.78. The highest BCUT2D eigenvalue weighted by atomic mass is 16.4. The van der Waals surface area contributed by atoms with Crippen molar-refractivity contribution in [2.24, 2.45) is 5.41 Å². The van der Waals surface area contributed by atoms with Crippen molar-refractivity contribution in [3.05, 3.63) is 0 Å². The summed E-state index contributed by atoms with van der Waals surface area (Å²) in [5.74, 6) is -0.684. The molecule has 1 fully saturated rings. The van der Waals surface area contributed by atoms with Crippen LogP contribution in [0.4, 0.5) is 0 Å². The van der Waals surface area contributed by atoms with Gasteiger partial charge in [0.2, 0.25) is 0 Å². The summed E-state index contributed by atoms with van der Waals surface area (Å²) in [6.07, 6.45) is 6.26. The van der Waals surface area contributed by atoms with Gasteiger partial charge < -0.3 is 10.0 Å². The fraction of sp³-hybridized carbons (Fsp3) is 0.923. The molecule has 1 saturated carbocycles. The summed E-state index contributed by atoms with van der Waals surface area (Å²) in [5, 5.41) is 8.62. The lowest BCUT2D eigenvalue weighted by molar-refractivity contribution is -0.137. The maximum absolute atomic E-state index is 10.5. The maximum atomic E-state index is 10.5. The lowest BCUT2D eigenvalue weighted by Crippen LogP contribution is -2.45. The Morgan fingerprint density at radius 1 is 1.44 bits per heavy atom. The number of aliphatic carboxylic acids is 1. The number of carboxylic acid groups (broad SMARTS) is 1. The van der Waals surface area contributed by atoms with Crippen molar-refractivity contribution in [1.29, 1.82) is 0 Å². The molecule has 0 saturated heterocycles. The van der Waals surface area contributed by atoms with Gasteiger partial charge in [0.25, 0.3) is 0 Å². The van der Waals surface area contributed by atoms with E-state index in [-0.39, 0.29) is 6.42 Å². The van der Waals surface area contributed by atoms with E-state index in [1.165, 1.54) is 25.7 Å². The summed E-state index contributed by atoms with van der Waals surface area (Å²) in [6, 6.07) is 0.620. The summed E-state index contributed by atoms with van der Waals surface area (Å²) in [4.78, 5) is 12.8. The second kappa shape index (κ2) is 5.67. The molecule has 3 nitrogen and oxygen atoms in total. The van der Waals surface area contributed by atoms with Gasteiger partial charge >= 0.3 is 5.97 Å². The normalized spacial score (nSPS) is 24.6. The van der Waals surface area contributed by atoms with Crippen LogP contribution in [0.25, 0.3) is 0 Å². The Morgan fingerprint density at radius 2 is 2.12 bits per heavy atom. The second-order valence-electron chi connectivity index (χ2n) is 5.73. The molecule has 0 aliphatic heterocycles. The van der Waals surface area contributed by atoms with E-state index in [2.05, 4.69) is 25.8 Å². The van der Waals surface area contributed by atoms with Gasteiger partial charge in [-0.2, -0.15) is 0 Å². The van der Waals surface area contributed by atoms with E-state index in [1.54, 1.807) is 0 Å². The van der Waals surface area contributed by atoms with Crippen molar-refractivity contribution < 1.29 is 9.90 Å². The smallest absolute Gasteiger partial charge is 0.303 e. The highest BCUT2D eigenvalue weighted by Gasteiger charge is 2.34. The molecular formula is C13H25NO2. The average molecular weight is 227 g/mol. The average Bonchev–Trinajstić information content (AvgIpc) is 2.16. The minimum atomic E-state index is -0.684. The molecule has 1 atom stereocenters. The van der Waals surface area contributed by atoms with Crippen LogP contribution in [-0.4, -0.2) is 35.6 Å². The van der Waals surface area contributed by atoms with Crippen molar-refractivity contribution in [3.63, 3.8) is 0 Å². The number of carboxylic acids is 1. The highest BCUT2D eigenvalue weighted by Crippen LogP contribution is 2.38. The molecule has 0 radical (unpaired) electrons. The van der Waals surface area contributed by atoms with E-state index in [0.717, 1.165) is 13.0 Å². The Hall–Kier alpha value is -0.570. The van der Waals surface area contributed by atoms with Gasteiger partial charge in [0.1, 0.15) is 0 Å². The molecule has 1 N–H and O–H groups in total. The fourth-order valence-corrected chi connectivity index (χ4v) is 2.93. The van der Waals surface area contributed by atoms with Gasteiger partial charge in [-0.3, -0.25) is 4.79 Å². The first-order valence-corrected chi connectivity index (χ1v) is 6.35. The number of carbonyl (C=O) groups is 1. The number of nitrogens with zero attached hydrogens (tertiary/aromatic N) is 1. The van der Waals surface area contributed by atoms with Crippen LogP contribution in [0.1, 0.15) is 52.4 Å². The van der Waals surface area contributed by atoms with Gasteiger partial charge in [0.05, 0.1) is 0 Å². The van der Waals surface area contributed by atoms with Crippen molar-refractivity contribution >= 4 is 5.97 Å². The molecule has 0 spiro atoms. The topological polar surface area (TPSA) is 40.5 Å². The van der Waals surface area contributed by atoms with Crippen LogP contribution in [0.2, 0.25) is 0 Å². The molecule has 0 aromatic carbocycles. The minimum Gasteiger partial charge on any atom is -0.481 e.